The molecule has 20 heavy (non-hydrogen) atoms. The van der Waals surface area contributed by atoms with Gasteiger partial charge in [0.25, 0.3) is 0 Å². The van der Waals surface area contributed by atoms with Gasteiger partial charge >= 0.3 is 6.36 Å². The number of hydrogen-bond acceptors (Lipinski definition) is 2. The quantitative estimate of drug-likeness (QED) is 0.850. The second kappa shape index (κ2) is 7.50. The maximum Gasteiger partial charge on any atom is 0.573 e. The molecule has 1 aromatic rings. The predicted molar refractivity (Wildman–Crippen MR) is 68.9 cm³/mol. The van der Waals surface area contributed by atoms with Gasteiger partial charge < -0.3 is 10.1 Å². The number of quaternary nitrogens is 1. The number of halogens is 4. The van der Waals surface area contributed by atoms with Gasteiger partial charge in [-0.15, -0.1) is 24.8 Å². The van der Waals surface area contributed by atoms with Crippen LogP contribution in [0.2, 0.25) is 0 Å². The fourth-order valence-corrected chi connectivity index (χ4v) is 2.11. The summed E-state index contributed by atoms with van der Waals surface area (Å²) >= 11 is 4.64. The summed E-state index contributed by atoms with van der Waals surface area (Å²) in [6.07, 6.45) is -2.59. The zero-order valence-electron chi connectivity index (χ0n) is 10.9. The number of hydrogen-bond donors (Lipinski definition) is 1. The lowest BCUT2D eigenvalue weighted by molar-refractivity contribution is -0.648. The number of rotatable bonds is 2. The molecular formula is C13H16ClF3NO2+. The van der Waals surface area contributed by atoms with E-state index < -0.39 is 6.36 Å². The maximum atomic E-state index is 12.1. The second-order valence-corrected chi connectivity index (χ2v) is 4.21. The number of ketones is 1. The Kier molecular flexibility index (Phi) is 6.29. The van der Waals surface area contributed by atoms with Crippen LogP contribution in [-0.4, -0.2) is 31.6 Å². The van der Waals surface area contributed by atoms with E-state index in [4.69, 9.17) is 0 Å². The lowest BCUT2D eigenvalue weighted by Crippen LogP contribution is -2.88. The molecule has 0 aromatic heterocycles. The first-order valence-electron chi connectivity index (χ1n) is 6.03. The molecule has 3 nitrogen and oxygen atoms in total. The van der Waals surface area contributed by atoms with Gasteiger partial charge in [0.15, 0.2) is 5.78 Å². The monoisotopic (exact) mass is 310 g/mol. The topological polar surface area (TPSA) is 42.9 Å². The zero-order chi connectivity index (χ0) is 15.2. The van der Waals surface area contributed by atoms with Crippen LogP contribution in [0, 0.1) is 0 Å². The lowest BCUT2D eigenvalue weighted by atomic mass is 9.89. The molecule has 1 heterocycles. The van der Waals surface area contributed by atoms with Crippen LogP contribution in [0.5, 0.6) is 5.75 Å². The largest absolute Gasteiger partial charge is 0.573 e. The fourth-order valence-electron chi connectivity index (χ4n) is 2.11. The molecule has 1 aliphatic rings. The van der Waals surface area contributed by atoms with Crippen molar-refractivity contribution in [3.63, 3.8) is 0 Å². The highest BCUT2D eigenvalue weighted by Gasteiger charge is 2.32. The third-order valence-corrected chi connectivity index (χ3v) is 2.89. The molecule has 0 aliphatic carbocycles. The first-order valence-corrected chi connectivity index (χ1v) is 6.79. The Bertz CT molecular complexity index is 451. The Hall–Kier alpha value is -1.27. The number of nitrogens with two attached hydrogens (primary N) is 1. The maximum absolute atomic E-state index is 12.1. The molecule has 7 heteroatoms. The molecule has 1 saturated heterocycles. The number of carbonyl (C=O) groups is 1. The summed E-state index contributed by atoms with van der Waals surface area (Å²) in [5, 5.41) is 1.90. The van der Waals surface area contributed by atoms with Crippen molar-refractivity contribution in [1.82, 2.24) is 0 Å². The Morgan fingerprint density at radius 2 is 2.05 bits per heavy atom. The SMILES string of the molecule is CCl.O=C1C[NH2+]CCC1c1cccc(OC(F)(F)F)c1. The van der Waals surface area contributed by atoms with Crippen molar-refractivity contribution in [2.75, 3.05) is 19.5 Å². The molecule has 0 amide bonds. The molecular weight excluding hydrogens is 295 g/mol. The van der Waals surface area contributed by atoms with Crippen molar-refractivity contribution in [1.29, 1.82) is 0 Å². The van der Waals surface area contributed by atoms with E-state index in [1.165, 1.54) is 24.6 Å². The summed E-state index contributed by atoms with van der Waals surface area (Å²) in [4.78, 5) is 11.7. The Balaban J connectivity index is 0.000000956. The van der Waals surface area contributed by atoms with Crippen molar-refractivity contribution in [2.45, 2.75) is 18.7 Å². The molecule has 0 saturated carbocycles. The number of ether oxygens (including phenoxy) is 1. The minimum absolute atomic E-state index is 0.0467. The van der Waals surface area contributed by atoms with Crippen LogP contribution >= 0.6 is 11.6 Å². The molecule has 2 N–H and O–H groups in total. The molecule has 0 spiro atoms. The Morgan fingerprint density at radius 3 is 2.65 bits per heavy atom. The van der Waals surface area contributed by atoms with Gasteiger partial charge in [-0.3, -0.25) is 4.79 Å². The average Bonchev–Trinajstić information content (AvgIpc) is 2.40. The smallest absolute Gasteiger partial charge is 0.406 e. The zero-order valence-corrected chi connectivity index (χ0v) is 11.7. The summed E-state index contributed by atoms with van der Waals surface area (Å²) in [6.45, 7) is 1.19. The van der Waals surface area contributed by atoms with Gasteiger partial charge in [0, 0.05) is 12.8 Å². The van der Waals surface area contributed by atoms with Gasteiger partial charge in [0.05, 0.1) is 12.5 Å². The summed E-state index contributed by atoms with van der Waals surface area (Å²) < 4.78 is 40.1. The van der Waals surface area contributed by atoms with Crippen LogP contribution in [0.25, 0.3) is 0 Å². The van der Waals surface area contributed by atoms with Crippen LogP contribution < -0.4 is 10.1 Å². The first-order chi connectivity index (χ1) is 9.46. The summed E-state index contributed by atoms with van der Waals surface area (Å²) in [7, 11) is 0. The first kappa shape index (κ1) is 16.8. The highest BCUT2D eigenvalue weighted by molar-refractivity contribution is 6.15. The summed E-state index contributed by atoms with van der Waals surface area (Å²) in [6, 6.07) is 5.66. The van der Waals surface area contributed by atoms with E-state index in [-0.39, 0.29) is 17.5 Å². The van der Waals surface area contributed by atoms with Gasteiger partial charge in [0.2, 0.25) is 0 Å². The van der Waals surface area contributed by atoms with Crippen molar-refractivity contribution in [3.8, 4) is 5.75 Å². The second-order valence-electron chi connectivity index (χ2n) is 4.21. The third-order valence-electron chi connectivity index (χ3n) is 2.89. The van der Waals surface area contributed by atoms with Gasteiger partial charge in [-0.2, -0.15) is 0 Å². The van der Waals surface area contributed by atoms with Crippen LogP contribution in [0.3, 0.4) is 0 Å². The van der Waals surface area contributed by atoms with Gasteiger partial charge in [-0.25, -0.2) is 0 Å². The normalized spacial score (nSPS) is 19.1. The lowest BCUT2D eigenvalue weighted by Gasteiger charge is -2.20. The number of Topliss-reactive ketones (excluding diaryl/α,β-unsaturated/α-hetero) is 1. The molecule has 0 radical (unpaired) electrons. The van der Waals surface area contributed by atoms with Crippen LogP contribution in [0.1, 0.15) is 17.9 Å². The standard InChI is InChI=1S/C12H12F3NO2.CH3Cl/c13-12(14,15)18-9-3-1-2-8(6-9)10-4-5-16-7-11(10)17;1-2/h1-3,6,10,16H,4-5,7H2;1H3/p+1. The highest BCUT2D eigenvalue weighted by Crippen LogP contribution is 2.28. The van der Waals surface area contributed by atoms with E-state index in [0.29, 0.717) is 18.5 Å². The van der Waals surface area contributed by atoms with Crippen molar-refractivity contribution >= 4 is 17.4 Å². The van der Waals surface area contributed by atoms with Crippen LogP contribution in [-0.2, 0) is 4.79 Å². The van der Waals surface area contributed by atoms with Crippen LogP contribution in [0.15, 0.2) is 24.3 Å². The number of alkyl halides is 4. The molecule has 1 aliphatic heterocycles. The van der Waals surface area contributed by atoms with E-state index in [2.05, 4.69) is 16.3 Å². The van der Waals surface area contributed by atoms with E-state index in [1.807, 2.05) is 5.32 Å². The minimum atomic E-state index is -4.71. The molecule has 112 valence electrons. The van der Waals surface area contributed by atoms with Crippen LogP contribution in [0.4, 0.5) is 13.2 Å². The van der Waals surface area contributed by atoms with Gasteiger partial charge in [0.1, 0.15) is 12.3 Å². The third kappa shape index (κ3) is 5.02. The number of benzene rings is 1. The summed E-state index contributed by atoms with van der Waals surface area (Å²) in [5.41, 5.74) is 0.592. The van der Waals surface area contributed by atoms with Crippen molar-refractivity contribution in [3.05, 3.63) is 29.8 Å². The molecule has 1 aromatic carbocycles. The van der Waals surface area contributed by atoms with E-state index in [1.54, 1.807) is 6.07 Å². The predicted octanol–water partition coefficient (Wildman–Crippen LogP) is 2.06. The highest BCUT2D eigenvalue weighted by atomic mass is 35.5. The Morgan fingerprint density at radius 1 is 1.35 bits per heavy atom. The average molecular weight is 311 g/mol. The number of carbonyl (C=O) groups excluding carboxylic acids is 1. The molecule has 1 fully saturated rings. The fraction of sp³-hybridized carbons (Fsp3) is 0.462. The summed E-state index contributed by atoms with van der Waals surface area (Å²) in [5.74, 6) is -0.542. The minimum Gasteiger partial charge on any atom is -0.406 e. The molecule has 2 rings (SSSR count). The molecule has 1 unspecified atom stereocenters. The van der Waals surface area contributed by atoms with Crippen molar-refractivity contribution in [2.24, 2.45) is 0 Å². The van der Waals surface area contributed by atoms with Crippen molar-refractivity contribution < 1.29 is 28.0 Å². The van der Waals surface area contributed by atoms with E-state index in [0.717, 1.165) is 6.54 Å². The van der Waals surface area contributed by atoms with E-state index >= 15 is 0 Å². The number of piperidine rings is 1. The van der Waals surface area contributed by atoms with E-state index in [9.17, 15) is 18.0 Å². The van der Waals surface area contributed by atoms with Gasteiger partial charge in [-0.05, 0) is 17.7 Å². The molecule has 0 bridgehead atoms. The Labute approximate surface area is 120 Å². The molecule has 1 atom stereocenters. The van der Waals surface area contributed by atoms with Gasteiger partial charge in [-0.1, -0.05) is 12.1 Å².